The van der Waals surface area contributed by atoms with Crippen molar-refractivity contribution in [3.63, 3.8) is 0 Å². The van der Waals surface area contributed by atoms with E-state index in [0.717, 1.165) is 6.42 Å². The lowest BCUT2D eigenvalue weighted by Crippen LogP contribution is -1.84. The molecule has 0 bridgehead atoms. The summed E-state index contributed by atoms with van der Waals surface area (Å²) in [4.78, 5) is 0. The zero-order chi connectivity index (χ0) is 20.3. The molecule has 0 aromatic carbocycles. The normalized spacial score (nSPS) is 8.80. The van der Waals surface area contributed by atoms with Crippen LogP contribution in [0.4, 0.5) is 0 Å². The molecule has 0 aromatic heterocycles. The number of allylic oxidation sites excluding steroid dienone is 2. The summed E-state index contributed by atoms with van der Waals surface area (Å²) >= 11 is 0. The summed E-state index contributed by atoms with van der Waals surface area (Å²) < 4.78 is 0. The molecule has 0 amide bonds. The van der Waals surface area contributed by atoms with Crippen molar-refractivity contribution < 1.29 is 0 Å². The molecule has 0 nitrogen and oxygen atoms in total. The third-order valence-corrected chi connectivity index (χ3v) is 3.62. The average molecular weight is 355 g/mol. The van der Waals surface area contributed by atoms with Gasteiger partial charge in [-0.1, -0.05) is 125 Å². The molecule has 0 rings (SSSR count). The Labute approximate surface area is 163 Å². The minimum Gasteiger partial charge on any atom is -0.0999 e. The maximum absolute atomic E-state index is 4.06. The zero-order valence-electron chi connectivity index (χ0n) is 19.6. The molecular formula is C25H54. The van der Waals surface area contributed by atoms with Crippen molar-refractivity contribution in [3.05, 3.63) is 24.3 Å². The van der Waals surface area contributed by atoms with E-state index >= 15 is 0 Å². The first-order chi connectivity index (χ1) is 11.9. The summed E-state index contributed by atoms with van der Waals surface area (Å²) in [6.07, 6.45) is 16.5. The van der Waals surface area contributed by atoms with E-state index in [-0.39, 0.29) is 0 Å². The van der Waals surface area contributed by atoms with Crippen LogP contribution in [0.25, 0.3) is 0 Å². The van der Waals surface area contributed by atoms with Gasteiger partial charge in [-0.3, -0.25) is 0 Å². The van der Waals surface area contributed by atoms with Gasteiger partial charge in [-0.25, -0.2) is 0 Å². The highest BCUT2D eigenvalue weighted by Crippen LogP contribution is 2.15. The van der Waals surface area contributed by atoms with Crippen molar-refractivity contribution in [1.29, 1.82) is 0 Å². The van der Waals surface area contributed by atoms with Gasteiger partial charge in [0.15, 0.2) is 0 Å². The predicted molar refractivity (Wildman–Crippen MR) is 124 cm³/mol. The zero-order valence-corrected chi connectivity index (χ0v) is 19.6. The van der Waals surface area contributed by atoms with E-state index < -0.39 is 0 Å². The molecule has 0 unspecified atom stereocenters. The second-order valence-electron chi connectivity index (χ2n) is 6.87. The van der Waals surface area contributed by atoms with Gasteiger partial charge in [-0.05, 0) is 38.5 Å². The van der Waals surface area contributed by atoms with Crippen molar-refractivity contribution in [3.8, 4) is 0 Å². The molecule has 0 heteroatoms. The first-order valence-electron chi connectivity index (χ1n) is 11.3. The van der Waals surface area contributed by atoms with Gasteiger partial charge in [0.05, 0.1) is 0 Å². The van der Waals surface area contributed by atoms with Gasteiger partial charge in [-0.15, -0.1) is 0 Å². The minimum atomic E-state index is 1.13. The lowest BCUT2D eigenvalue weighted by molar-refractivity contribution is 0.695. The Kier molecular flexibility index (Phi) is 44.7. The van der Waals surface area contributed by atoms with E-state index in [1.807, 2.05) is 0 Å². The fraction of sp³-hybridized carbons (Fsp3) is 0.840. The fourth-order valence-electron chi connectivity index (χ4n) is 1.76. The first-order valence-corrected chi connectivity index (χ1v) is 11.3. The molecule has 0 aliphatic heterocycles. The highest BCUT2D eigenvalue weighted by atomic mass is 14.0. The van der Waals surface area contributed by atoms with Gasteiger partial charge >= 0.3 is 0 Å². The Morgan fingerprint density at radius 2 is 0.880 bits per heavy atom. The second-order valence-corrected chi connectivity index (χ2v) is 6.87. The third-order valence-electron chi connectivity index (χ3n) is 3.62. The van der Waals surface area contributed by atoms with Crippen LogP contribution in [0.1, 0.15) is 139 Å². The maximum atomic E-state index is 4.06. The van der Waals surface area contributed by atoms with E-state index in [1.165, 1.54) is 88.2 Å². The average Bonchev–Trinajstić information content (AvgIpc) is 2.61. The van der Waals surface area contributed by atoms with Crippen LogP contribution in [0.5, 0.6) is 0 Å². The monoisotopic (exact) mass is 354 g/mol. The lowest BCUT2D eigenvalue weighted by Gasteiger charge is -2.04. The van der Waals surface area contributed by atoms with Crippen molar-refractivity contribution in [2.24, 2.45) is 0 Å². The Bertz CT molecular complexity index is 220. The highest BCUT2D eigenvalue weighted by molar-refractivity contribution is 4.95. The van der Waals surface area contributed by atoms with Crippen molar-refractivity contribution >= 4 is 0 Å². The number of unbranched alkanes of at least 4 members (excludes halogenated alkanes) is 4. The van der Waals surface area contributed by atoms with Crippen LogP contribution in [-0.4, -0.2) is 0 Å². The molecule has 0 radical (unpaired) electrons. The van der Waals surface area contributed by atoms with Gasteiger partial charge in [-0.2, -0.15) is 0 Å². The van der Waals surface area contributed by atoms with Crippen LogP contribution in [0, 0.1) is 0 Å². The van der Waals surface area contributed by atoms with Gasteiger partial charge in [0.25, 0.3) is 0 Å². The lowest BCUT2D eigenvalue weighted by atomic mass is 10.0. The largest absolute Gasteiger partial charge is 0.0999 e. The Morgan fingerprint density at radius 3 is 1.12 bits per heavy atom. The summed E-state index contributed by atoms with van der Waals surface area (Å²) in [6.45, 7) is 25.5. The molecule has 0 N–H and O–H groups in total. The van der Waals surface area contributed by atoms with Crippen LogP contribution in [0.2, 0.25) is 0 Å². The van der Waals surface area contributed by atoms with E-state index in [4.69, 9.17) is 0 Å². The van der Waals surface area contributed by atoms with Crippen LogP contribution >= 0.6 is 0 Å². The standard InChI is InChI=1S/C13H24.C5H12.C4H10.C3H8/c1-5-9-13(4)11-8-7-10-12(3)6-2;1-3-5-4-2;1-3-4-2;1-3-2/h3-11H2,1-2H3;3-5H2,1-2H3;3-4H2,1-2H3;3H2,1-2H3. The predicted octanol–water partition coefficient (Wildman–Crippen LogP) is 10.3. The minimum absolute atomic E-state index is 1.13. The van der Waals surface area contributed by atoms with Crippen LogP contribution in [-0.2, 0) is 0 Å². The summed E-state index contributed by atoms with van der Waals surface area (Å²) in [7, 11) is 0. The highest BCUT2D eigenvalue weighted by Gasteiger charge is 1.95. The molecule has 0 aliphatic rings. The quantitative estimate of drug-likeness (QED) is 0.255. The number of hydrogen-bond acceptors (Lipinski definition) is 0. The number of hydrogen-bond donors (Lipinski definition) is 0. The molecule has 0 aliphatic carbocycles. The summed E-state index contributed by atoms with van der Waals surface area (Å²) in [5.74, 6) is 0. The molecule has 0 fully saturated rings. The SMILES string of the molecule is C=C(CC)CCCCC(=C)CCC.CCC.CCCC.CCCCC. The summed E-state index contributed by atoms with van der Waals surface area (Å²) in [5, 5.41) is 0. The van der Waals surface area contributed by atoms with Gasteiger partial charge < -0.3 is 0 Å². The van der Waals surface area contributed by atoms with E-state index in [9.17, 15) is 0 Å². The van der Waals surface area contributed by atoms with E-state index in [0.29, 0.717) is 0 Å². The fourth-order valence-corrected chi connectivity index (χ4v) is 1.76. The molecule has 0 saturated carbocycles. The third kappa shape index (κ3) is 51.7. The second kappa shape index (κ2) is 34.7. The maximum Gasteiger partial charge on any atom is -0.0323 e. The van der Waals surface area contributed by atoms with Crippen molar-refractivity contribution in [2.75, 3.05) is 0 Å². The molecule has 0 atom stereocenters. The topological polar surface area (TPSA) is 0 Å². The van der Waals surface area contributed by atoms with Crippen LogP contribution in [0.3, 0.4) is 0 Å². The molecule has 0 heterocycles. The molecule has 0 saturated heterocycles. The first kappa shape index (κ1) is 32.2. The van der Waals surface area contributed by atoms with Gasteiger partial charge in [0, 0.05) is 0 Å². The smallest absolute Gasteiger partial charge is 0.0323 e. The van der Waals surface area contributed by atoms with Crippen molar-refractivity contribution in [1.82, 2.24) is 0 Å². The molecule has 25 heavy (non-hydrogen) atoms. The summed E-state index contributed by atoms with van der Waals surface area (Å²) in [5.41, 5.74) is 2.81. The molecular weight excluding hydrogens is 300 g/mol. The van der Waals surface area contributed by atoms with Crippen LogP contribution in [0.15, 0.2) is 24.3 Å². The van der Waals surface area contributed by atoms with E-state index in [1.54, 1.807) is 0 Å². The number of rotatable bonds is 11. The molecule has 154 valence electrons. The van der Waals surface area contributed by atoms with Gasteiger partial charge in [0.1, 0.15) is 0 Å². The molecule has 0 spiro atoms. The van der Waals surface area contributed by atoms with E-state index in [2.05, 4.69) is 68.5 Å². The summed E-state index contributed by atoms with van der Waals surface area (Å²) in [6, 6.07) is 0. The molecule has 0 aromatic rings. The van der Waals surface area contributed by atoms with Gasteiger partial charge in [0.2, 0.25) is 0 Å². The Morgan fingerprint density at radius 1 is 0.480 bits per heavy atom. The Hall–Kier alpha value is -0.520. The Balaban J connectivity index is -0.000000151. The van der Waals surface area contributed by atoms with Crippen LogP contribution < -0.4 is 0 Å². The van der Waals surface area contributed by atoms with Crippen molar-refractivity contribution in [2.45, 2.75) is 139 Å².